The van der Waals surface area contributed by atoms with Gasteiger partial charge in [0.05, 0.1) is 30.4 Å². The molecule has 2 amide bonds. The Morgan fingerprint density at radius 3 is 2.58 bits per heavy atom. The SMILES string of the molecule is COc1cc(C(=O)NC[C@](O)(c2cc3c(c(-c4ccc(Cl)cc4Cl)n2)OC[C@]3(C)C(N)=O)C(F)(F)F)cc2cn(C3CC3)nc12. The quantitative estimate of drug-likeness (QED) is 0.239. The number of methoxy groups -OCH3 is 1. The molecule has 2 atom stereocenters. The first-order valence-electron chi connectivity index (χ1n) is 13.7. The Kier molecular flexibility index (Phi) is 7.41. The highest BCUT2D eigenvalue weighted by molar-refractivity contribution is 6.36. The van der Waals surface area contributed by atoms with Crippen molar-refractivity contribution in [3.05, 3.63) is 69.5 Å². The van der Waals surface area contributed by atoms with Crippen molar-refractivity contribution in [3.63, 3.8) is 0 Å². The van der Waals surface area contributed by atoms with Crippen molar-refractivity contribution in [1.82, 2.24) is 20.1 Å². The molecule has 3 heterocycles. The van der Waals surface area contributed by atoms with Gasteiger partial charge in [0.15, 0.2) is 0 Å². The number of pyridine rings is 1. The molecule has 15 heteroatoms. The van der Waals surface area contributed by atoms with Gasteiger partial charge in [0.25, 0.3) is 5.91 Å². The average Bonchev–Trinajstić information content (AvgIpc) is 3.65. The second-order valence-corrected chi connectivity index (χ2v) is 12.2. The zero-order chi connectivity index (χ0) is 32.5. The van der Waals surface area contributed by atoms with Crippen LogP contribution in [0.3, 0.4) is 0 Å². The van der Waals surface area contributed by atoms with E-state index < -0.39 is 41.2 Å². The van der Waals surface area contributed by atoms with E-state index in [9.17, 15) is 27.9 Å². The van der Waals surface area contributed by atoms with Gasteiger partial charge in [0.1, 0.15) is 34.7 Å². The third-order valence-corrected chi connectivity index (χ3v) is 8.74. The summed E-state index contributed by atoms with van der Waals surface area (Å²) in [6, 6.07) is 8.23. The van der Waals surface area contributed by atoms with E-state index in [1.165, 1.54) is 44.4 Å². The first-order chi connectivity index (χ1) is 21.2. The van der Waals surface area contributed by atoms with Crippen molar-refractivity contribution < 1.29 is 37.3 Å². The van der Waals surface area contributed by atoms with E-state index in [0.29, 0.717) is 10.9 Å². The summed E-state index contributed by atoms with van der Waals surface area (Å²) in [6.07, 6.45) is -1.67. The van der Waals surface area contributed by atoms with Gasteiger partial charge in [-0.05, 0) is 56.2 Å². The Bertz CT molecular complexity index is 1880. The first-order valence-corrected chi connectivity index (χ1v) is 14.5. The number of alkyl halides is 3. The minimum absolute atomic E-state index is 0.00975. The van der Waals surface area contributed by atoms with E-state index in [0.717, 1.165) is 18.9 Å². The van der Waals surface area contributed by atoms with E-state index in [2.05, 4.69) is 15.4 Å². The maximum Gasteiger partial charge on any atom is 0.424 e. The molecule has 2 aromatic carbocycles. The summed E-state index contributed by atoms with van der Waals surface area (Å²) in [5.41, 5.74) is -0.139. The molecule has 0 unspecified atom stereocenters. The van der Waals surface area contributed by atoms with Crippen molar-refractivity contribution >= 4 is 45.9 Å². The molecule has 1 aliphatic carbocycles. The number of fused-ring (bicyclic) bond motifs is 2. The fourth-order valence-corrected chi connectivity index (χ4v) is 5.74. The van der Waals surface area contributed by atoms with E-state index in [1.54, 1.807) is 10.9 Å². The first kappa shape index (κ1) is 30.9. The number of carbonyl (C=O) groups is 2. The van der Waals surface area contributed by atoms with Crippen molar-refractivity contribution in [3.8, 4) is 22.8 Å². The average molecular weight is 664 g/mol. The Morgan fingerprint density at radius 2 is 1.96 bits per heavy atom. The number of rotatable bonds is 8. The zero-order valence-corrected chi connectivity index (χ0v) is 25.3. The number of nitrogens with two attached hydrogens (primary N) is 1. The third kappa shape index (κ3) is 5.22. The number of hydrogen-bond donors (Lipinski definition) is 3. The van der Waals surface area contributed by atoms with Crippen LogP contribution in [0.4, 0.5) is 13.2 Å². The van der Waals surface area contributed by atoms with Gasteiger partial charge in [-0.1, -0.05) is 23.2 Å². The summed E-state index contributed by atoms with van der Waals surface area (Å²) in [6.45, 7) is -0.212. The number of halogens is 5. The number of nitrogens with one attached hydrogen (secondary N) is 1. The molecule has 1 fully saturated rings. The van der Waals surface area contributed by atoms with Gasteiger partial charge in [0, 0.05) is 33.3 Å². The number of amides is 2. The molecule has 2 aliphatic rings. The standard InChI is InChI=1S/C30H26Cl2F3N5O5/c1-28(27(36)42)13-45-25-19(28)10-22(38-24(25)18-6-3-16(31)9-20(18)32)29(43,30(33,34)35)12-37-26(41)14-7-15-11-40(17-4-5-17)39-23(15)21(8-14)44-2/h3,6-11,17,43H,4-5,12-13H2,1-2H3,(H2,36,42)(H,37,41)/t28-,29-/m0/s1. The number of ether oxygens (including phenoxy) is 2. The van der Waals surface area contributed by atoms with Gasteiger partial charge < -0.3 is 25.6 Å². The van der Waals surface area contributed by atoms with Crippen LogP contribution in [0.25, 0.3) is 22.2 Å². The maximum atomic E-state index is 14.8. The van der Waals surface area contributed by atoms with Crippen LogP contribution < -0.4 is 20.5 Å². The zero-order valence-electron chi connectivity index (χ0n) is 23.8. The minimum atomic E-state index is -5.35. The van der Waals surface area contributed by atoms with Crippen LogP contribution in [0.1, 0.15) is 47.4 Å². The predicted octanol–water partition coefficient (Wildman–Crippen LogP) is 5.06. The maximum absolute atomic E-state index is 14.8. The predicted molar refractivity (Wildman–Crippen MR) is 159 cm³/mol. The molecule has 0 spiro atoms. The second kappa shape index (κ2) is 10.8. The number of aliphatic hydroxyl groups is 1. The lowest BCUT2D eigenvalue weighted by Gasteiger charge is -2.31. The van der Waals surface area contributed by atoms with Gasteiger partial charge >= 0.3 is 6.18 Å². The smallest absolute Gasteiger partial charge is 0.424 e. The molecule has 1 aliphatic heterocycles. The van der Waals surface area contributed by atoms with E-state index in [4.69, 9.17) is 38.4 Å². The van der Waals surface area contributed by atoms with Gasteiger partial charge in [-0.15, -0.1) is 0 Å². The van der Waals surface area contributed by atoms with E-state index in [1.807, 2.05) is 0 Å². The molecule has 0 saturated heterocycles. The number of nitrogens with zero attached hydrogens (tertiary/aromatic N) is 3. The fraction of sp³-hybridized carbons (Fsp3) is 0.333. The highest BCUT2D eigenvalue weighted by atomic mass is 35.5. The summed E-state index contributed by atoms with van der Waals surface area (Å²) in [4.78, 5) is 29.9. The fourth-order valence-electron chi connectivity index (χ4n) is 5.24. The molecule has 0 bridgehead atoms. The highest BCUT2D eigenvalue weighted by Gasteiger charge is 2.57. The van der Waals surface area contributed by atoms with Crippen LogP contribution in [-0.4, -0.2) is 58.1 Å². The lowest BCUT2D eigenvalue weighted by molar-refractivity contribution is -0.265. The summed E-state index contributed by atoms with van der Waals surface area (Å²) in [7, 11) is 1.39. The molecule has 4 N–H and O–H groups in total. The summed E-state index contributed by atoms with van der Waals surface area (Å²) < 4.78 is 57.2. The molecule has 6 rings (SSSR count). The lowest BCUT2D eigenvalue weighted by Crippen LogP contribution is -2.51. The molecular formula is C30H26Cl2F3N5O5. The number of primary amides is 1. The van der Waals surface area contributed by atoms with Crippen LogP contribution in [0.2, 0.25) is 10.0 Å². The molecule has 10 nitrogen and oxygen atoms in total. The van der Waals surface area contributed by atoms with Crippen LogP contribution >= 0.6 is 23.2 Å². The Labute approximate surface area is 264 Å². The van der Waals surface area contributed by atoms with Crippen molar-refractivity contribution in [2.45, 2.75) is 43.0 Å². The van der Waals surface area contributed by atoms with E-state index >= 15 is 0 Å². The Morgan fingerprint density at radius 1 is 1.22 bits per heavy atom. The largest absolute Gasteiger partial charge is 0.494 e. The molecular weight excluding hydrogens is 638 g/mol. The second-order valence-electron chi connectivity index (χ2n) is 11.3. The topological polar surface area (TPSA) is 142 Å². The molecule has 0 radical (unpaired) electrons. The molecule has 236 valence electrons. The molecule has 1 saturated carbocycles. The van der Waals surface area contributed by atoms with Crippen LogP contribution in [0, 0.1) is 0 Å². The molecule has 2 aromatic heterocycles. The third-order valence-electron chi connectivity index (χ3n) is 8.19. The van der Waals surface area contributed by atoms with Gasteiger partial charge in [-0.25, -0.2) is 4.98 Å². The molecule has 4 aromatic rings. The van der Waals surface area contributed by atoms with Crippen LogP contribution in [0.15, 0.2) is 42.6 Å². The van der Waals surface area contributed by atoms with Gasteiger partial charge in [-0.3, -0.25) is 14.3 Å². The minimum Gasteiger partial charge on any atom is -0.494 e. The van der Waals surface area contributed by atoms with Crippen LogP contribution in [0.5, 0.6) is 11.5 Å². The van der Waals surface area contributed by atoms with Crippen molar-refractivity contribution in [2.75, 3.05) is 20.3 Å². The summed E-state index contributed by atoms with van der Waals surface area (Å²) in [5.74, 6) is -1.54. The number of hydrogen-bond acceptors (Lipinski definition) is 7. The van der Waals surface area contributed by atoms with Crippen molar-refractivity contribution in [1.29, 1.82) is 0 Å². The summed E-state index contributed by atoms with van der Waals surface area (Å²) in [5, 5.41) is 18.9. The Balaban J connectivity index is 1.41. The van der Waals surface area contributed by atoms with Crippen LogP contribution in [-0.2, 0) is 15.8 Å². The van der Waals surface area contributed by atoms with Gasteiger partial charge in [-0.2, -0.15) is 18.3 Å². The van der Waals surface area contributed by atoms with E-state index in [-0.39, 0.29) is 56.6 Å². The van der Waals surface area contributed by atoms with Crippen molar-refractivity contribution in [2.24, 2.45) is 5.73 Å². The normalized spacial score (nSPS) is 19.1. The highest BCUT2D eigenvalue weighted by Crippen LogP contribution is 2.49. The number of benzene rings is 2. The summed E-state index contributed by atoms with van der Waals surface area (Å²) >= 11 is 12.4. The number of aromatic nitrogens is 3. The monoisotopic (exact) mass is 663 g/mol. The lowest BCUT2D eigenvalue weighted by atomic mass is 9.81. The van der Waals surface area contributed by atoms with Gasteiger partial charge in [0.2, 0.25) is 11.5 Å². The number of carbonyl (C=O) groups excluding carboxylic acids is 2. The Hall–Kier alpha value is -4.07. The molecule has 45 heavy (non-hydrogen) atoms.